The van der Waals surface area contributed by atoms with Gasteiger partial charge in [0.25, 0.3) is 0 Å². The van der Waals surface area contributed by atoms with Gasteiger partial charge in [-0.2, -0.15) is 0 Å². The van der Waals surface area contributed by atoms with E-state index in [1.165, 1.54) is 11.2 Å². The number of hydrogen-bond acceptors (Lipinski definition) is 6. The van der Waals surface area contributed by atoms with E-state index in [0.29, 0.717) is 18.9 Å². The van der Waals surface area contributed by atoms with Crippen LogP contribution in [0.15, 0.2) is 6.33 Å². The Hall–Kier alpha value is -1.73. The number of nitrogens with zero attached hydrogens (tertiary/aromatic N) is 2. The Morgan fingerprint density at radius 3 is 2.90 bits per heavy atom. The molecular weight excluding hydrogens is 274 g/mol. The number of thiophene rings is 1. The molecule has 20 heavy (non-hydrogen) atoms. The molecule has 0 aromatic carbocycles. The minimum Gasteiger partial charge on any atom is -0.358 e. The molecule has 0 radical (unpaired) electrons. The third-order valence-electron chi connectivity index (χ3n) is 3.16. The minimum atomic E-state index is -0.376. The largest absolute Gasteiger partial charge is 0.358 e. The predicted molar refractivity (Wildman–Crippen MR) is 82.0 cm³/mol. The first kappa shape index (κ1) is 14.7. The van der Waals surface area contributed by atoms with E-state index in [4.69, 9.17) is 5.73 Å². The molecule has 0 aliphatic rings. The van der Waals surface area contributed by atoms with Crippen molar-refractivity contribution in [3.63, 3.8) is 0 Å². The standard InChI is InChI=1S/C13H19N5OS/c1-7-9(3)20-13-10(7)11(16-6-17-13)18-8(2)12(19)15-5-4-14/h6,8H,4-5,14H2,1-3H3,(H,15,19)(H,16,17,18). The normalized spacial score (nSPS) is 12.4. The Morgan fingerprint density at radius 1 is 1.45 bits per heavy atom. The van der Waals surface area contributed by atoms with E-state index in [9.17, 15) is 4.79 Å². The van der Waals surface area contributed by atoms with Crippen LogP contribution in [0.25, 0.3) is 10.2 Å². The second kappa shape index (κ2) is 6.15. The summed E-state index contributed by atoms with van der Waals surface area (Å²) < 4.78 is 0. The average Bonchev–Trinajstić information content (AvgIpc) is 2.72. The number of anilines is 1. The summed E-state index contributed by atoms with van der Waals surface area (Å²) in [6.45, 7) is 6.80. The molecule has 2 aromatic rings. The lowest BCUT2D eigenvalue weighted by atomic mass is 10.2. The summed E-state index contributed by atoms with van der Waals surface area (Å²) in [5, 5.41) is 6.90. The highest BCUT2D eigenvalue weighted by Gasteiger charge is 2.17. The van der Waals surface area contributed by atoms with Crippen LogP contribution in [-0.4, -0.2) is 35.0 Å². The van der Waals surface area contributed by atoms with Crippen LogP contribution in [0.2, 0.25) is 0 Å². The third kappa shape index (κ3) is 2.88. The van der Waals surface area contributed by atoms with Crippen molar-refractivity contribution in [1.82, 2.24) is 15.3 Å². The van der Waals surface area contributed by atoms with Crippen LogP contribution in [0, 0.1) is 13.8 Å². The summed E-state index contributed by atoms with van der Waals surface area (Å²) in [5.41, 5.74) is 6.53. The molecule has 4 N–H and O–H groups in total. The van der Waals surface area contributed by atoms with Crippen molar-refractivity contribution in [2.45, 2.75) is 26.8 Å². The zero-order valence-electron chi connectivity index (χ0n) is 11.9. The fraction of sp³-hybridized carbons (Fsp3) is 0.462. The van der Waals surface area contributed by atoms with Crippen molar-refractivity contribution in [2.24, 2.45) is 5.73 Å². The fourth-order valence-corrected chi connectivity index (χ4v) is 2.91. The van der Waals surface area contributed by atoms with Crippen molar-refractivity contribution in [3.05, 3.63) is 16.8 Å². The monoisotopic (exact) mass is 293 g/mol. The van der Waals surface area contributed by atoms with Crippen molar-refractivity contribution in [3.8, 4) is 0 Å². The molecule has 1 unspecified atom stereocenters. The lowest BCUT2D eigenvalue weighted by molar-refractivity contribution is -0.121. The van der Waals surface area contributed by atoms with Gasteiger partial charge in [-0.15, -0.1) is 11.3 Å². The maximum absolute atomic E-state index is 11.9. The van der Waals surface area contributed by atoms with Gasteiger partial charge in [-0.1, -0.05) is 0 Å². The summed E-state index contributed by atoms with van der Waals surface area (Å²) in [6.07, 6.45) is 1.52. The van der Waals surface area contributed by atoms with Gasteiger partial charge in [0.15, 0.2) is 0 Å². The molecule has 7 heteroatoms. The number of carbonyl (C=O) groups excluding carboxylic acids is 1. The van der Waals surface area contributed by atoms with Gasteiger partial charge in [0.2, 0.25) is 5.91 Å². The first-order valence-corrected chi connectivity index (χ1v) is 7.31. The number of aromatic nitrogens is 2. The molecule has 2 aromatic heterocycles. The van der Waals surface area contributed by atoms with Gasteiger partial charge in [0, 0.05) is 18.0 Å². The van der Waals surface area contributed by atoms with Crippen LogP contribution >= 0.6 is 11.3 Å². The third-order valence-corrected chi connectivity index (χ3v) is 4.27. The molecule has 2 heterocycles. The Bertz CT molecular complexity index is 624. The van der Waals surface area contributed by atoms with Gasteiger partial charge >= 0.3 is 0 Å². The zero-order valence-corrected chi connectivity index (χ0v) is 12.7. The van der Waals surface area contributed by atoms with Crippen molar-refractivity contribution in [2.75, 3.05) is 18.4 Å². The highest BCUT2D eigenvalue weighted by atomic mass is 32.1. The smallest absolute Gasteiger partial charge is 0.242 e. The number of rotatable bonds is 5. The Kier molecular flexibility index (Phi) is 4.51. The lowest BCUT2D eigenvalue weighted by Gasteiger charge is -2.15. The predicted octanol–water partition coefficient (Wildman–Crippen LogP) is 1.18. The summed E-state index contributed by atoms with van der Waals surface area (Å²) in [6, 6.07) is -0.376. The molecule has 1 amide bonds. The van der Waals surface area contributed by atoms with E-state index in [-0.39, 0.29) is 11.9 Å². The van der Waals surface area contributed by atoms with Crippen LogP contribution in [0.4, 0.5) is 5.82 Å². The average molecular weight is 293 g/mol. The topological polar surface area (TPSA) is 92.9 Å². The summed E-state index contributed by atoms with van der Waals surface area (Å²) in [7, 11) is 0. The van der Waals surface area contributed by atoms with E-state index >= 15 is 0 Å². The van der Waals surface area contributed by atoms with Crippen molar-refractivity contribution < 1.29 is 4.79 Å². The summed E-state index contributed by atoms with van der Waals surface area (Å²) in [5.74, 6) is 0.610. The number of amides is 1. The van der Waals surface area contributed by atoms with Gasteiger partial charge in [0.05, 0.1) is 5.39 Å². The number of aryl methyl sites for hydroxylation is 2. The van der Waals surface area contributed by atoms with Crippen LogP contribution in [0.1, 0.15) is 17.4 Å². The van der Waals surface area contributed by atoms with Crippen LogP contribution < -0.4 is 16.4 Å². The highest BCUT2D eigenvalue weighted by molar-refractivity contribution is 7.18. The first-order chi connectivity index (χ1) is 9.54. The molecule has 0 saturated heterocycles. The van der Waals surface area contributed by atoms with Crippen LogP contribution in [-0.2, 0) is 4.79 Å². The second-order valence-electron chi connectivity index (χ2n) is 4.63. The Labute approximate surface area is 121 Å². The molecule has 0 bridgehead atoms. The molecule has 2 rings (SSSR count). The molecule has 6 nitrogen and oxygen atoms in total. The van der Waals surface area contributed by atoms with Gasteiger partial charge in [-0.05, 0) is 26.3 Å². The molecular formula is C13H19N5OS. The number of nitrogens with two attached hydrogens (primary N) is 1. The quantitative estimate of drug-likeness (QED) is 0.770. The van der Waals surface area contributed by atoms with E-state index in [1.807, 2.05) is 6.92 Å². The van der Waals surface area contributed by atoms with Crippen molar-refractivity contribution in [1.29, 1.82) is 0 Å². The minimum absolute atomic E-state index is 0.0909. The van der Waals surface area contributed by atoms with Gasteiger partial charge in [0.1, 0.15) is 23.0 Å². The number of hydrogen-bond donors (Lipinski definition) is 3. The molecule has 1 atom stereocenters. The van der Waals surface area contributed by atoms with E-state index < -0.39 is 0 Å². The van der Waals surface area contributed by atoms with E-state index in [0.717, 1.165) is 15.8 Å². The SMILES string of the molecule is Cc1sc2ncnc(NC(C)C(=O)NCCN)c2c1C. The molecule has 0 aliphatic carbocycles. The Morgan fingerprint density at radius 2 is 2.20 bits per heavy atom. The molecule has 0 aliphatic heterocycles. The highest BCUT2D eigenvalue weighted by Crippen LogP contribution is 2.32. The number of fused-ring (bicyclic) bond motifs is 1. The maximum atomic E-state index is 11.9. The van der Waals surface area contributed by atoms with Gasteiger partial charge in [-0.3, -0.25) is 4.79 Å². The molecule has 0 fully saturated rings. The molecule has 108 valence electrons. The van der Waals surface area contributed by atoms with Gasteiger partial charge < -0.3 is 16.4 Å². The zero-order chi connectivity index (χ0) is 14.7. The maximum Gasteiger partial charge on any atom is 0.242 e. The molecule has 0 spiro atoms. The second-order valence-corrected chi connectivity index (χ2v) is 5.83. The molecule has 0 saturated carbocycles. The summed E-state index contributed by atoms with van der Waals surface area (Å²) in [4.78, 5) is 22.6. The lowest BCUT2D eigenvalue weighted by Crippen LogP contribution is -2.40. The first-order valence-electron chi connectivity index (χ1n) is 6.49. The number of carbonyl (C=O) groups is 1. The van der Waals surface area contributed by atoms with Crippen LogP contribution in [0.3, 0.4) is 0 Å². The fourth-order valence-electron chi connectivity index (χ4n) is 1.91. The summed E-state index contributed by atoms with van der Waals surface area (Å²) >= 11 is 1.63. The van der Waals surface area contributed by atoms with Crippen molar-refractivity contribution >= 4 is 33.3 Å². The van der Waals surface area contributed by atoms with Crippen LogP contribution in [0.5, 0.6) is 0 Å². The van der Waals surface area contributed by atoms with E-state index in [1.54, 1.807) is 18.3 Å². The van der Waals surface area contributed by atoms with Gasteiger partial charge in [-0.25, -0.2) is 9.97 Å². The van der Waals surface area contributed by atoms with E-state index in [2.05, 4.69) is 27.5 Å². The number of nitrogens with one attached hydrogen (secondary N) is 2. The Balaban J connectivity index is 2.23.